The van der Waals surface area contributed by atoms with Crippen LogP contribution < -0.4 is 4.72 Å². The fourth-order valence-corrected chi connectivity index (χ4v) is 5.47. The van der Waals surface area contributed by atoms with Gasteiger partial charge in [0, 0.05) is 31.0 Å². The molecule has 1 atom stereocenters. The maximum atomic E-state index is 12.6. The molecule has 3 rings (SSSR count). The van der Waals surface area contributed by atoms with E-state index in [-0.39, 0.29) is 11.8 Å². The van der Waals surface area contributed by atoms with Crippen LogP contribution in [0.15, 0.2) is 42.6 Å². The third-order valence-electron chi connectivity index (χ3n) is 5.01. The number of hydrogen-bond acceptors (Lipinski definition) is 5. The molecule has 1 saturated heterocycles. The Balaban J connectivity index is 1.63. The number of sulfonamides is 1. The van der Waals surface area contributed by atoms with Crippen molar-refractivity contribution in [2.24, 2.45) is 0 Å². The lowest BCUT2D eigenvalue weighted by atomic mass is 10.0. The zero-order chi connectivity index (χ0) is 19.3. The summed E-state index contributed by atoms with van der Waals surface area (Å²) >= 11 is 1.88. The third kappa shape index (κ3) is 5.49. The van der Waals surface area contributed by atoms with E-state index in [1.807, 2.05) is 46.8 Å². The Bertz CT molecular complexity index is 815. The van der Waals surface area contributed by atoms with Crippen molar-refractivity contribution in [3.05, 3.63) is 48.2 Å². The maximum Gasteiger partial charge on any atom is 0.238 e. The fourth-order valence-electron chi connectivity index (χ4n) is 3.59. The van der Waals surface area contributed by atoms with E-state index in [1.165, 1.54) is 0 Å². The molecule has 0 spiro atoms. The molecule has 0 amide bonds. The van der Waals surface area contributed by atoms with E-state index in [4.69, 9.17) is 0 Å². The van der Waals surface area contributed by atoms with Gasteiger partial charge in [0.15, 0.2) is 0 Å². The van der Waals surface area contributed by atoms with Crippen LogP contribution in [0.4, 0.5) is 5.82 Å². The Kier molecular flexibility index (Phi) is 6.83. The third-order valence-corrected chi connectivity index (χ3v) is 7.06. The topological polar surface area (TPSA) is 67.2 Å². The van der Waals surface area contributed by atoms with Gasteiger partial charge in [0.1, 0.15) is 5.82 Å². The monoisotopic (exact) mass is 408 g/mol. The summed E-state index contributed by atoms with van der Waals surface area (Å²) in [6.45, 7) is 4.30. The lowest BCUT2D eigenvalue weighted by molar-refractivity contribution is 0.150. The second-order valence-corrected chi connectivity index (χ2v) is 9.71. The number of likely N-dealkylation sites (tertiary alicyclic amines) is 1. The summed E-state index contributed by atoms with van der Waals surface area (Å²) in [5.41, 5.74) is 0.771. The predicted molar refractivity (Wildman–Crippen MR) is 113 cm³/mol. The van der Waals surface area contributed by atoms with Crippen LogP contribution in [-0.2, 0) is 15.8 Å². The molecule has 0 aliphatic carbocycles. The second kappa shape index (κ2) is 9.12. The summed E-state index contributed by atoms with van der Waals surface area (Å²) in [7, 11) is -3.47. The minimum absolute atomic E-state index is 0.0380. The molecule has 0 radical (unpaired) electrons. The van der Waals surface area contributed by atoms with Gasteiger partial charge in [-0.25, -0.2) is 13.1 Å². The first-order valence-corrected chi connectivity index (χ1v) is 12.3. The average molecular weight is 409 g/mol. The maximum absolute atomic E-state index is 12.6. The van der Waals surface area contributed by atoms with Crippen molar-refractivity contribution in [2.45, 2.75) is 37.6 Å². The van der Waals surface area contributed by atoms with Crippen LogP contribution >= 0.6 is 11.8 Å². The van der Waals surface area contributed by atoms with E-state index in [9.17, 15) is 8.42 Å². The largest absolute Gasteiger partial charge is 0.300 e. The molecule has 2 heterocycles. The van der Waals surface area contributed by atoms with Crippen molar-refractivity contribution < 1.29 is 8.42 Å². The summed E-state index contributed by atoms with van der Waals surface area (Å²) in [5.74, 6) is 1.65. The Morgan fingerprint density at radius 2 is 1.93 bits per heavy atom. The zero-order valence-corrected chi connectivity index (χ0v) is 17.5. The summed E-state index contributed by atoms with van der Waals surface area (Å²) < 4.78 is 29.7. The van der Waals surface area contributed by atoms with E-state index >= 15 is 0 Å². The molecule has 1 unspecified atom stereocenters. The molecule has 2 aromatic rings. The van der Waals surface area contributed by atoms with Gasteiger partial charge >= 0.3 is 0 Å². The van der Waals surface area contributed by atoms with E-state index in [1.54, 1.807) is 12.3 Å². The number of anilines is 1. The van der Waals surface area contributed by atoms with Crippen molar-refractivity contribution in [2.75, 3.05) is 29.8 Å². The quantitative estimate of drug-likeness (QED) is 0.726. The Morgan fingerprint density at radius 3 is 2.59 bits per heavy atom. The molecule has 1 aromatic carbocycles. The molecule has 8 heteroatoms. The van der Waals surface area contributed by atoms with Crippen LogP contribution in [-0.4, -0.2) is 54.2 Å². The molecular formula is C19H28N4O2S2. The highest BCUT2D eigenvalue weighted by molar-refractivity contribution is 7.98. The van der Waals surface area contributed by atoms with Crippen molar-refractivity contribution in [3.63, 3.8) is 0 Å². The summed E-state index contributed by atoms with van der Waals surface area (Å²) in [6.07, 6.45) is 5.77. The van der Waals surface area contributed by atoms with Gasteiger partial charge in [-0.3, -0.25) is 9.62 Å². The van der Waals surface area contributed by atoms with Gasteiger partial charge in [-0.2, -0.15) is 16.9 Å². The molecule has 1 fully saturated rings. The zero-order valence-electron chi connectivity index (χ0n) is 15.9. The highest BCUT2D eigenvalue weighted by Crippen LogP contribution is 2.27. The van der Waals surface area contributed by atoms with E-state index in [2.05, 4.69) is 27.9 Å². The van der Waals surface area contributed by atoms with Crippen molar-refractivity contribution in [1.82, 2.24) is 14.7 Å². The van der Waals surface area contributed by atoms with Crippen LogP contribution in [0.2, 0.25) is 0 Å². The van der Waals surface area contributed by atoms with Gasteiger partial charge in [0.25, 0.3) is 0 Å². The normalized spacial score (nSPS) is 17.7. The molecule has 6 nitrogen and oxygen atoms in total. The van der Waals surface area contributed by atoms with Gasteiger partial charge in [-0.1, -0.05) is 30.3 Å². The van der Waals surface area contributed by atoms with Crippen molar-refractivity contribution >= 4 is 27.6 Å². The van der Waals surface area contributed by atoms with Crippen LogP contribution in [0.3, 0.4) is 0 Å². The molecule has 1 N–H and O–H groups in total. The number of benzene rings is 1. The van der Waals surface area contributed by atoms with E-state index in [0.29, 0.717) is 11.9 Å². The number of nitrogens with zero attached hydrogens (tertiary/aromatic N) is 3. The highest BCUT2D eigenvalue weighted by Gasteiger charge is 2.26. The van der Waals surface area contributed by atoms with Gasteiger partial charge in [0.05, 0.1) is 18.0 Å². The van der Waals surface area contributed by atoms with E-state index in [0.717, 1.165) is 37.2 Å². The van der Waals surface area contributed by atoms with Gasteiger partial charge < -0.3 is 0 Å². The summed E-state index contributed by atoms with van der Waals surface area (Å²) in [6, 6.07) is 11.8. The van der Waals surface area contributed by atoms with Crippen LogP contribution in [0.1, 0.15) is 31.4 Å². The second-order valence-electron chi connectivity index (χ2n) is 7.08. The minimum atomic E-state index is -3.47. The fraction of sp³-hybridized carbons (Fsp3) is 0.526. The minimum Gasteiger partial charge on any atom is -0.300 e. The molecule has 1 aliphatic rings. The Labute approximate surface area is 166 Å². The first kappa shape index (κ1) is 20.2. The summed E-state index contributed by atoms with van der Waals surface area (Å²) in [5, 5.41) is 4.40. The van der Waals surface area contributed by atoms with Crippen molar-refractivity contribution in [3.8, 4) is 0 Å². The number of thioether (sulfide) groups is 1. The molecule has 0 saturated carbocycles. The lowest BCUT2D eigenvalue weighted by Crippen LogP contribution is -2.41. The molecule has 0 bridgehead atoms. The van der Waals surface area contributed by atoms with Crippen LogP contribution in [0.5, 0.6) is 0 Å². The predicted octanol–water partition coefficient (Wildman–Crippen LogP) is 3.21. The average Bonchev–Trinajstić information content (AvgIpc) is 3.09. The van der Waals surface area contributed by atoms with Gasteiger partial charge in [-0.15, -0.1) is 0 Å². The SMILES string of the molecule is CSCC(C)N1CCC(n2nccc2NS(=O)(=O)Cc2ccccc2)CC1. The number of piperidine rings is 1. The molecular weight excluding hydrogens is 380 g/mol. The standard InChI is InChI=1S/C19H28N4O2S2/c1-16(14-26-2)22-12-9-18(10-13-22)23-19(8-11-20-23)21-27(24,25)15-17-6-4-3-5-7-17/h3-8,11,16,18,21H,9-10,12-15H2,1-2H3. The van der Waals surface area contributed by atoms with Crippen LogP contribution in [0, 0.1) is 0 Å². The molecule has 1 aromatic heterocycles. The van der Waals surface area contributed by atoms with Gasteiger partial charge in [-0.05, 0) is 31.6 Å². The summed E-state index contributed by atoms with van der Waals surface area (Å²) in [4.78, 5) is 2.51. The number of nitrogens with one attached hydrogen (secondary N) is 1. The molecule has 1 aliphatic heterocycles. The number of hydrogen-bond donors (Lipinski definition) is 1. The van der Waals surface area contributed by atoms with Crippen LogP contribution in [0.25, 0.3) is 0 Å². The molecule has 27 heavy (non-hydrogen) atoms. The lowest BCUT2D eigenvalue weighted by Gasteiger charge is -2.36. The smallest absolute Gasteiger partial charge is 0.238 e. The number of aromatic nitrogens is 2. The highest BCUT2D eigenvalue weighted by atomic mass is 32.2. The van der Waals surface area contributed by atoms with Crippen molar-refractivity contribution in [1.29, 1.82) is 0 Å². The first-order chi connectivity index (χ1) is 13.0. The molecule has 148 valence electrons. The Morgan fingerprint density at radius 1 is 1.22 bits per heavy atom. The van der Waals surface area contributed by atoms with E-state index < -0.39 is 10.0 Å². The Hall–Kier alpha value is -1.51. The number of rotatable bonds is 8. The first-order valence-electron chi connectivity index (χ1n) is 9.29. The van der Waals surface area contributed by atoms with Gasteiger partial charge in [0.2, 0.25) is 10.0 Å².